The molecular weight excluding hydrogens is 324 g/mol. The summed E-state index contributed by atoms with van der Waals surface area (Å²) in [6.45, 7) is 2.31. The molecule has 1 atom stereocenters. The summed E-state index contributed by atoms with van der Waals surface area (Å²) in [4.78, 5) is 16.6. The molecule has 3 rings (SSSR count). The van der Waals surface area contributed by atoms with E-state index in [9.17, 15) is 4.79 Å². The van der Waals surface area contributed by atoms with Crippen molar-refractivity contribution in [1.29, 1.82) is 0 Å². The van der Waals surface area contributed by atoms with E-state index in [2.05, 4.69) is 26.8 Å². The van der Waals surface area contributed by atoms with Gasteiger partial charge in [0.15, 0.2) is 5.82 Å². The number of nitrogens with one attached hydrogen (secondary N) is 2. The Morgan fingerprint density at radius 3 is 3.21 bits per heavy atom. The van der Waals surface area contributed by atoms with Crippen LogP contribution < -0.4 is 10.6 Å². The first-order chi connectivity index (χ1) is 11.8. The van der Waals surface area contributed by atoms with Crippen molar-refractivity contribution >= 4 is 17.7 Å². The SMILES string of the molecule is CSCc1noc(CNC(=O)c2cccc(C3CCCNC3)c2)n1. The van der Waals surface area contributed by atoms with E-state index in [1.165, 1.54) is 12.0 Å². The van der Waals surface area contributed by atoms with Crippen molar-refractivity contribution in [3.63, 3.8) is 0 Å². The van der Waals surface area contributed by atoms with Gasteiger partial charge in [0.1, 0.15) is 0 Å². The Hall–Kier alpha value is -1.86. The molecule has 1 aliphatic heterocycles. The first-order valence-electron chi connectivity index (χ1n) is 8.15. The van der Waals surface area contributed by atoms with Crippen LogP contribution in [-0.4, -0.2) is 35.4 Å². The number of piperidine rings is 1. The van der Waals surface area contributed by atoms with Crippen molar-refractivity contribution in [2.75, 3.05) is 19.3 Å². The molecule has 128 valence electrons. The molecule has 7 heteroatoms. The van der Waals surface area contributed by atoms with Crippen LogP contribution in [0.5, 0.6) is 0 Å². The lowest BCUT2D eigenvalue weighted by Crippen LogP contribution is -2.28. The van der Waals surface area contributed by atoms with Gasteiger partial charge in [0, 0.05) is 12.1 Å². The van der Waals surface area contributed by atoms with Crippen molar-refractivity contribution < 1.29 is 9.32 Å². The molecule has 2 heterocycles. The van der Waals surface area contributed by atoms with Crippen LogP contribution in [0, 0.1) is 0 Å². The van der Waals surface area contributed by atoms with Crippen LogP contribution in [0.25, 0.3) is 0 Å². The Balaban J connectivity index is 1.59. The van der Waals surface area contributed by atoms with Gasteiger partial charge in [0.2, 0.25) is 5.89 Å². The quantitative estimate of drug-likeness (QED) is 0.836. The molecule has 1 saturated heterocycles. The molecule has 1 aromatic heterocycles. The number of carbonyl (C=O) groups is 1. The first kappa shape index (κ1) is 17.0. The fraction of sp³-hybridized carbons (Fsp3) is 0.471. The van der Waals surface area contributed by atoms with E-state index < -0.39 is 0 Å². The highest BCUT2D eigenvalue weighted by Crippen LogP contribution is 2.23. The molecule has 1 amide bonds. The monoisotopic (exact) mass is 346 g/mol. The Kier molecular flexibility index (Phi) is 5.87. The van der Waals surface area contributed by atoms with E-state index in [0.29, 0.717) is 28.9 Å². The third kappa shape index (κ3) is 4.36. The van der Waals surface area contributed by atoms with Gasteiger partial charge in [-0.2, -0.15) is 16.7 Å². The van der Waals surface area contributed by atoms with E-state index in [0.717, 1.165) is 19.5 Å². The minimum absolute atomic E-state index is 0.120. The number of thioether (sulfide) groups is 1. The van der Waals surface area contributed by atoms with Crippen molar-refractivity contribution in [2.24, 2.45) is 0 Å². The van der Waals surface area contributed by atoms with E-state index in [-0.39, 0.29) is 12.5 Å². The molecule has 1 fully saturated rings. The largest absolute Gasteiger partial charge is 0.343 e. The number of carbonyl (C=O) groups excluding carboxylic acids is 1. The zero-order valence-corrected chi connectivity index (χ0v) is 14.6. The smallest absolute Gasteiger partial charge is 0.251 e. The summed E-state index contributed by atoms with van der Waals surface area (Å²) in [5.74, 6) is 2.15. The first-order valence-corrected chi connectivity index (χ1v) is 9.55. The van der Waals surface area contributed by atoms with Crippen molar-refractivity contribution in [3.8, 4) is 0 Å². The standard InChI is InChI=1S/C17H22N4O2S/c1-24-11-15-20-16(23-21-15)10-19-17(22)13-5-2-4-12(8-13)14-6-3-7-18-9-14/h2,4-5,8,14,18H,3,6-7,9-11H2,1H3,(H,19,22). The molecule has 1 aliphatic rings. The van der Waals surface area contributed by atoms with Crippen LogP contribution in [0.1, 0.15) is 46.4 Å². The lowest BCUT2D eigenvalue weighted by atomic mass is 9.90. The summed E-state index contributed by atoms with van der Waals surface area (Å²) in [5, 5.41) is 10.1. The second kappa shape index (κ2) is 8.30. The van der Waals surface area contributed by atoms with Gasteiger partial charge in [-0.3, -0.25) is 4.79 Å². The molecule has 0 saturated carbocycles. The predicted molar refractivity (Wildman–Crippen MR) is 94.0 cm³/mol. The van der Waals surface area contributed by atoms with Gasteiger partial charge >= 0.3 is 0 Å². The number of benzene rings is 1. The minimum atomic E-state index is -0.120. The summed E-state index contributed by atoms with van der Waals surface area (Å²) in [7, 11) is 0. The zero-order valence-electron chi connectivity index (χ0n) is 13.7. The van der Waals surface area contributed by atoms with Crippen LogP contribution in [0.4, 0.5) is 0 Å². The summed E-state index contributed by atoms with van der Waals surface area (Å²) in [6, 6.07) is 7.87. The van der Waals surface area contributed by atoms with Crippen LogP contribution in [0.2, 0.25) is 0 Å². The average Bonchev–Trinajstić information content (AvgIpc) is 3.08. The third-order valence-electron chi connectivity index (χ3n) is 4.10. The Morgan fingerprint density at radius 1 is 1.50 bits per heavy atom. The number of nitrogens with zero attached hydrogens (tertiary/aromatic N) is 2. The molecule has 6 nitrogen and oxygen atoms in total. The van der Waals surface area contributed by atoms with E-state index in [1.54, 1.807) is 11.8 Å². The van der Waals surface area contributed by atoms with Gasteiger partial charge in [-0.25, -0.2) is 0 Å². The number of aromatic nitrogens is 2. The number of hydrogen-bond acceptors (Lipinski definition) is 6. The van der Waals surface area contributed by atoms with Gasteiger partial charge in [-0.05, 0) is 49.3 Å². The normalized spacial score (nSPS) is 17.6. The van der Waals surface area contributed by atoms with Crippen LogP contribution >= 0.6 is 11.8 Å². The van der Waals surface area contributed by atoms with Gasteiger partial charge in [-0.1, -0.05) is 17.3 Å². The average molecular weight is 346 g/mol. The van der Waals surface area contributed by atoms with Crippen LogP contribution in [-0.2, 0) is 12.3 Å². The molecule has 0 aliphatic carbocycles. The van der Waals surface area contributed by atoms with Gasteiger partial charge < -0.3 is 15.2 Å². The molecule has 1 aromatic carbocycles. The van der Waals surface area contributed by atoms with Gasteiger partial charge in [-0.15, -0.1) is 0 Å². The van der Waals surface area contributed by atoms with E-state index >= 15 is 0 Å². The summed E-state index contributed by atoms with van der Waals surface area (Å²) in [5.41, 5.74) is 1.89. The maximum atomic E-state index is 12.4. The summed E-state index contributed by atoms with van der Waals surface area (Å²) < 4.78 is 5.12. The molecule has 0 spiro atoms. The Morgan fingerprint density at radius 2 is 2.42 bits per heavy atom. The summed E-state index contributed by atoms with van der Waals surface area (Å²) >= 11 is 1.63. The fourth-order valence-electron chi connectivity index (χ4n) is 2.88. The van der Waals surface area contributed by atoms with Gasteiger partial charge in [0.05, 0.1) is 12.3 Å². The molecule has 0 bridgehead atoms. The predicted octanol–water partition coefficient (Wildman–Crippen LogP) is 2.33. The second-order valence-corrected chi connectivity index (χ2v) is 6.75. The Bertz CT molecular complexity index is 683. The Labute approximate surface area is 145 Å². The topological polar surface area (TPSA) is 80.0 Å². The zero-order chi connectivity index (χ0) is 16.8. The highest BCUT2D eigenvalue weighted by molar-refractivity contribution is 7.97. The minimum Gasteiger partial charge on any atom is -0.343 e. The fourth-order valence-corrected chi connectivity index (χ4v) is 3.25. The number of amides is 1. The second-order valence-electron chi connectivity index (χ2n) is 5.89. The van der Waals surface area contributed by atoms with Crippen molar-refractivity contribution in [3.05, 3.63) is 47.1 Å². The highest BCUT2D eigenvalue weighted by atomic mass is 32.2. The molecule has 24 heavy (non-hydrogen) atoms. The van der Waals surface area contributed by atoms with Crippen molar-refractivity contribution in [1.82, 2.24) is 20.8 Å². The molecular formula is C17H22N4O2S. The molecule has 0 radical (unpaired) electrons. The van der Waals surface area contributed by atoms with Gasteiger partial charge in [0.25, 0.3) is 5.91 Å². The highest BCUT2D eigenvalue weighted by Gasteiger charge is 2.17. The molecule has 2 aromatic rings. The van der Waals surface area contributed by atoms with E-state index in [4.69, 9.17) is 4.52 Å². The lowest BCUT2D eigenvalue weighted by Gasteiger charge is -2.23. The van der Waals surface area contributed by atoms with E-state index in [1.807, 2.05) is 24.5 Å². The number of hydrogen-bond donors (Lipinski definition) is 2. The molecule has 1 unspecified atom stereocenters. The van der Waals surface area contributed by atoms with Crippen molar-refractivity contribution in [2.45, 2.75) is 31.1 Å². The maximum Gasteiger partial charge on any atom is 0.251 e. The maximum absolute atomic E-state index is 12.4. The number of rotatable bonds is 6. The third-order valence-corrected chi connectivity index (χ3v) is 4.65. The van der Waals surface area contributed by atoms with Crippen LogP contribution in [0.15, 0.2) is 28.8 Å². The summed E-state index contributed by atoms with van der Waals surface area (Å²) in [6.07, 6.45) is 4.32. The molecule has 2 N–H and O–H groups in total. The van der Waals surface area contributed by atoms with Crippen LogP contribution in [0.3, 0.4) is 0 Å². The lowest BCUT2D eigenvalue weighted by molar-refractivity contribution is 0.0946.